The van der Waals surface area contributed by atoms with E-state index >= 15 is 0 Å². The van der Waals surface area contributed by atoms with Crippen molar-refractivity contribution >= 4 is 31.6 Å². The van der Waals surface area contributed by atoms with Crippen LogP contribution in [0.25, 0.3) is 0 Å². The molecule has 0 unspecified atom stereocenters. The van der Waals surface area contributed by atoms with Gasteiger partial charge in [0.1, 0.15) is 5.75 Å². The van der Waals surface area contributed by atoms with Crippen LogP contribution in [-0.2, 0) is 32.3 Å². The highest BCUT2D eigenvalue weighted by atomic mass is 35.5. The predicted molar refractivity (Wildman–Crippen MR) is 100 cm³/mol. The zero-order valence-electron chi connectivity index (χ0n) is 14.5. The first-order valence-electron chi connectivity index (χ1n) is 7.75. The van der Waals surface area contributed by atoms with E-state index in [1.807, 2.05) is 0 Å². The molecule has 0 heterocycles. The molecule has 0 saturated carbocycles. The molecule has 0 bridgehead atoms. The molecule has 7 nitrogen and oxygen atoms in total. The van der Waals surface area contributed by atoms with Crippen LogP contribution in [0.1, 0.15) is 11.1 Å². The van der Waals surface area contributed by atoms with Crippen LogP contribution in [0, 0.1) is 0 Å². The van der Waals surface area contributed by atoms with E-state index in [0.717, 1.165) is 18.2 Å². The number of nitrogens with one attached hydrogen (secondary N) is 2. The Morgan fingerprint density at radius 1 is 1.04 bits per heavy atom. The number of ether oxygens (including phenoxy) is 1. The van der Waals surface area contributed by atoms with Crippen LogP contribution < -0.4 is 14.2 Å². The molecule has 12 heteroatoms. The molecule has 2 rings (SSSR count). The third-order valence-electron chi connectivity index (χ3n) is 3.59. The summed E-state index contributed by atoms with van der Waals surface area (Å²) in [6.07, 6.45) is 0. The lowest BCUT2D eigenvalue weighted by Crippen LogP contribution is -2.23. The zero-order chi connectivity index (χ0) is 20.9. The largest absolute Gasteiger partial charge is 0.433 e. The van der Waals surface area contributed by atoms with Gasteiger partial charge in [0, 0.05) is 6.54 Å². The van der Waals surface area contributed by atoms with Gasteiger partial charge in [0.15, 0.2) is 0 Å². The Hall–Kier alpha value is -1.79. The molecule has 2 N–H and O–H groups in total. The Balaban J connectivity index is 2.06. The lowest BCUT2D eigenvalue weighted by atomic mass is 10.1. The molecule has 0 aromatic heterocycles. The van der Waals surface area contributed by atoms with Crippen molar-refractivity contribution in [3.8, 4) is 5.75 Å². The summed E-state index contributed by atoms with van der Waals surface area (Å²) in [4.78, 5) is -0.212. The first-order chi connectivity index (χ1) is 13.0. The first kappa shape index (κ1) is 22.5. The molecule has 0 atom stereocenters. The van der Waals surface area contributed by atoms with E-state index in [2.05, 4.69) is 14.2 Å². The summed E-state index contributed by atoms with van der Waals surface area (Å²) in [5.74, 6) is -0.524. The fourth-order valence-electron chi connectivity index (χ4n) is 2.15. The van der Waals surface area contributed by atoms with E-state index in [1.165, 1.54) is 7.05 Å². The number of sulfonamides is 2. The molecule has 0 aliphatic carbocycles. The van der Waals surface area contributed by atoms with Gasteiger partial charge in [-0.3, -0.25) is 0 Å². The molecule has 0 aliphatic rings. The van der Waals surface area contributed by atoms with Gasteiger partial charge in [0.2, 0.25) is 20.0 Å². The summed E-state index contributed by atoms with van der Waals surface area (Å²) in [5.41, 5.74) is 1.14. The van der Waals surface area contributed by atoms with Crippen LogP contribution in [0.2, 0.25) is 5.02 Å². The van der Waals surface area contributed by atoms with Crippen LogP contribution in [0.15, 0.2) is 47.4 Å². The van der Waals surface area contributed by atoms with Crippen LogP contribution in [0.5, 0.6) is 5.75 Å². The molecule has 0 radical (unpaired) electrons. The van der Waals surface area contributed by atoms with Gasteiger partial charge in [0.05, 0.1) is 15.7 Å². The van der Waals surface area contributed by atoms with Crippen LogP contribution in [0.4, 0.5) is 8.78 Å². The molecule has 154 valence electrons. The Morgan fingerprint density at radius 2 is 1.64 bits per heavy atom. The minimum absolute atomic E-state index is 0.0612. The Labute approximate surface area is 166 Å². The maximum Gasteiger partial charge on any atom is 0.387 e. The second-order valence-electron chi connectivity index (χ2n) is 5.57. The van der Waals surface area contributed by atoms with Gasteiger partial charge < -0.3 is 4.74 Å². The smallest absolute Gasteiger partial charge is 0.387 e. The standard InChI is InChI=1S/C16H17ClF2N2O5S2/c1-20-27(22,23)10-12-4-2-11(3-5-12)9-21-28(24,25)13-6-7-15(14(17)8-13)26-16(18)19/h2-8,16,20-21H,9-10H2,1H3. The number of rotatable bonds is 9. The van der Waals surface area contributed by atoms with Crippen molar-refractivity contribution < 1.29 is 30.4 Å². The van der Waals surface area contributed by atoms with Gasteiger partial charge >= 0.3 is 6.61 Å². The van der Waals surface area contributed by atoms with Crippen LogP contribution in [-0.4, -0.2) is 30.5 Å². The lowest BCUT2D eigenvalue weighted by molar-refractivity contribution is -0.0498. The SMILES string of the molecule is CNS(=O)(=O)Cc1ccc(CNS(=O)(=O)c2ccc(OC(F)F)c(Cl)c2)cc1. The minimum atomic E-state index is -3.95. The monoisotopic (exact) mass is 454 g/mol. The van der Waals surface area contributed by atoms with Crippen molar-refractivity contribution in [3.05, 3.63) is 58.6 Å². The van der Waals surface area contributed by atoms with Gasteiger partial charge in [-0.2, -0.15) is 8.78 Å². The highest BCUT2D eigenvalue weighted by Crippen LogP contribution is 2.28. The van der Waals surface area contributed by atoms with Gasteiger partial charge in [-0.1, -0.05) is 35.9 Å². The number of hydrogen-bond donors (Lipinski definition) is 2. The summed E-state index contributed by atoms with van der Waals surface area (Å²) < 4.78 is 80.9. The van der Waals surface area contributed by atoms with Crippen molar-refractivity contribution in [2.45, 2.75) is 23.8 Å². The fraction of sp³-hybridized carbons (Fsp3) is 0.250. The highest BCUT2D eigenvalue weighted by molar-refractivity contribution is 7.89. The number of hydrogen-bond acceptors (Lipinski definition) is 5. The molecule has 0 aliphatic heterocycles. The summed E-state index contributed by atoms with van der Waals surface area (Å²) >= 11 is 5.77. The molecular formula is C16H17ClF2N2O5S2. The maximum atomic E-state index is 12.3. The van der Waals surface area contributed by atoms with Crippen molar-refractivity contribution in [1.29, 1.82) is 0 Å². The molecular weight excluding hydrogens is 438 g/mol. The van der Waals surface area contributed by atoms with Crippen molar-refractivity contribution in [2.75, 3.05) is 7.05 Å². The summed E-state index contributed by atoms with van der Waals surface area (Å²) in [6, 6.07) is 9.48. The highest BCUT2D eigenvalue weighted by Gasteiger charge is 2.17. The maximum absolute atomic E-state index is 12.3. The van der Waals surface area contributed by atoms with E-state index in [1.54, 1.807) is 24.3 Å². The van der Waals surface area contributed by atoms with Crippen LogP contribution in [0.3, 0.4) is 0 Å². The Bertz CT molecular complexity index is 1030. The molecule has 0 saturated heterocycles. The normalized spacial score (nSPS) is 12.3. The fourth-order valence-corrected chi connectivity index (χ4v) is 4.26. The lowest BCUT2D eigenvalue weighted by Gasteiger charge is -2.10. The van der Waals surface area contributed by atoms with Gasteiger partial charge in [-0.05, 0) is 36.4 Å². The average Bonchev–Trinajstić information content (AvgIpc) is 2.62. The second-order valence-corrected chi connectivity index (χ2v) is 9.68. The molecule has 0 spiro atoms. The second kappa shape index (κ2) is 9.14. The topological polar surface area (TPSA) is 102 Å². The van der Waals surface area contributed by atoms with E-state index in [-0.39, 0.29) is 28.0 Å². The van der Waals surface area contributed by atoms with Gasteiger partial charge in [-0.15, -0.1) is 0 Å². The molecule has 2 aromatic rings. The summed E-state index contributed by atoms with van der Waals surface area (Å²) in [6.45, 7) is -3.14. The van der Waals surface area contributed by atoms with Gasteiger partial charge in [-0.25, -0.2) is 26.3 Å². The van der Waals surface area contributed by atoms with Crippen molar-refractivity contribution in [3.63, 3.8) is 0 Å². The third kappa shape index (κ3) is 6.38. The minimum Gasteiger partial charge on any atom is -0.433 e. The molecule has 0 amide bonds. The van der Waals surface area contributed by atoms with E-state index < -0.39 is 26.7 Å². The number of halogens is 3. The molecule has 2 aromatic carbocycles. The number of benzene rings is 2. The summed E-state index contributed by atoms with van der Waals surface area (Å²) in [7, 11) is -6.04. The Morgan fingerprint density at radius 3 is 2.18 bits per heavy atom. The Kier molecular flexibility index (Phi) is 7.34. The summed E-state index contributed by atoms with van der Waals surface area (Å²) in [5, 5.41) is -0.265. The van der Waals surface area contributed by atoms with Crippen LogP contribution >= 0.6 is 11.6 Å². The zero-order valence-corrected chi connectivity index (χ0v) is 16.9. The average molecular weight is 455 g/mol. The van der Waals surface area contributed by atoms with Gasteiger partial charge in [0.25, 0.3) is 0 Å². The molecule has 0 fully saturated rings. The van der Waals surface area contributed by atoms with E-state index in [4.69, 9.17) is 11.6 Å². The van der Waals surface area contributed by atoms with E-state index in [0.29, 0.717) is 11.1 Å². The third-order valence-corrected chi connectivity index (χ3v) is 6.62. The van der Waals surface area contributed by atoms with Crippen molar-refractivity contribution in [2.24, 2.45) is 0 Å². The predicted octanol–water partition coefficient (Wildman–Crippen LogP) is 2.47. The quantitative estimate of drug-likeness (QED) is 0.606. The van der Waals surface area contributed by atoms with E-state index in [9.17, 15) is 25.6 Å². The molecule has 28 heavy (non-hydrogen) atoms. The number of alkyl halides is 2. The first-order valence-corrected chi connectivity index (χ1v) is 11.3. The van der Waals surface area contributed by atoms with Crippen molar-refractivity contribution in [1.82, 2.24) is 9.44 Å².